The molecule has 0 heterocycles. The van der Waals surface area contributed by atoms with Gasteiger partial charge in [0.15, 0.2) is 0 Å². The van der Waals surface area contributed by atoms with E-state index in [0.29, 0.717) is 0 Å². The molecule has 0 aromatic heterocycles. The first-order chi connectivity index (χ1) is 6.61. The zero-order valence-corrected chi connectivity index (χ0v) is 12.0. The van der Waals surface area contributed by atoms with Gasteiger partial charge in [0.25, 0.3) is 0 Å². The third-order valence-corrected chi connectivity index (χ3v) is 2.69. The van der Waals surface area contributed by atoms with E-state index in [1.54, 1.807) is 11.1 Å². The molecule has 0 saturated heterocycles. The van der Waals surface area contributed by atoms with Gasteiger partial charge in [-0.1, -0.05) is 24.6 Å². The summed E-state index contributed by atoms with van der Waals surface area (Å²) in [5, 5.41) is 0. The third-order valence-electron chi connectivity index (χ3n) is 2.69. The van der Waals surface area contributed by atoms with Crippen molar-refractivity contribution in [2.75, 3.05) is 0 Å². The molecule has 0 aromatic carbocycles. The van der Waals surface area contributed by atoms with E-state index < -0.39 is 14.7 Å². The Morgan fingerprint density at radius 1 is 1.21 bits per heavy atom. The molecular weight excluding hydrogens is 274 g/mol. The molecule has 1 unspecified atom stereocenters. The van der Waals surface area contributed by atoms with Crippen molar-refractivity contribution in [2.45, 2.75) is 32.6 Å². The maximum absolute atomic E-state index is 4.97. The van der Waals surface area contributed by atoms with E-state index in [-0.39, 0.29) is 0 Å². The Morgan fingerprint density at radius 3 is 2.36 bits per heavy atom. The van der Waals surface area contributed by atoms with Crippen LogP contribution in [0.3, 0.4) is 0 Å². The van der Waals surface area contributed by atoms with Crippen LogP contribution in [0.4, 0.5) is 0 Å². The normalized spacial score (nSPS) is 24.1. The van der Waals surface area contributed by atoms with Gasteiger partial charge in [-0.3, -0.25) is 0 Å². The summed E-state index contributed by atoms with van der Waals surface area (Å²) in [6.45, 7) is 2.31. The van der Waals surface area contributed by atoms with Crippen LogP contribution in [-0.4, -0.2) is 0 Å². The molecule has 2 rings (SSSR count). The standard InChI is InChI=1S/C10H14.3ClH.Ti/c1-8-6-7-9-4-2-3-5-10(8)9;;;;/h6-8H,2-5H2,1H3;3*1H;/q;;;;+3/p-3. The van der Waals surface area contributed by atoms with E-state index in [1.807, 2.05) is 0 Å². The maximum atomic E-state index is 4.97. The van der Waals surface area contributed by atoms with Gasteiger partial charge in [0, 0.05) is 0 Å². The molecule has 1 atom stereocenters. The van der Waals surface area contributed by atoms with E-state index in [2.05, 4.69) is 19.1 Å². The fraction of sp³-hybridized carbons (Fsp3) is 0.600. The van der Waals surface area contributed by atoms with Gasteiger partial charge in [-0.05, 0) is 37.2 Å². The Balaban J connectivity index is 0.000000213. The Hall–Kier alpha value is 1.06. The predicted octanol–water partition coefficient (Wildman–Crippen LogP) is 5.13. The van der Waals surface area contributed by atoms with Crippen molar-refractivity contribution in [3.8, 4) is 0 Å². The van der Waals surface area contributed by atoms with Crippen LogP contribution in [0, 0.1) is 5.92 Å². The zero-order chi connectivity index (χ0) is 10.6. The molecule has 0 amide bonds. The molecule has 0 aromatic rings. The molecule has 0 N–H and O–H groups in total. The van der Waals surface area contributed by atoms with E-state index in [1.165, 1.54) is 25.7 Å². The van der Waals surface area contributed by atoms with Gasteiger partial charge in [0.2, 0.25) is 0 Å². The number of hydrogen-bond acceptors (Lipinski definition) is 0. The number of rotatable bonds is 0. The molecule has 4 heteroatoms. The Labute approximate surface area is 104 Å². The number of halogens is 3. The van der Waals surface area contributed by atoms with Crippen molar-refractivity contribution in [1.82, 2.24) is 0 Å². The second kappa shape index (κ2) is 6.60. The van der Waals surface area contributed by atoms with E-state index in [4.69, 9.17) is 27.9 Å². The summed E-state index contributed by atoms with van der Waals surface area (Å²) in [7, 11) is 14.9. The van der Waals surface area contributed by atoms with Gasteiger partial charge in [0.1, 0.15) is 0 Å². The molecule has 0 nitrogen and oxygen atoms in total. The Morgan fingerprint density at radius 2 is 1.79 bits per heavy atom. The summed E-state index contributed by atoms with van der Waals surface area (Å²) in [5.41, 5.74) is 3.38. The molecule has 0 fully saturated rings. The van der Waals surface area contributed by atoms with Crippen LogP contribution in [0.25, 0.3) is 0 Å². The topological polar surface area (TPSA) is 0 Å². The molecular formula is C10H14Cl3Ti. The zero-order valence-electron chi connectivity index (χ0n) is 8.19. The summed E-state index contributed by atoms with van der Waals surface area (Å²) in [6, 6.07) is 0. The van der Waals surface area contributed by atoms with Crippen molar-refractivity contribution >= 4 is 27.9 Å². The van der Waals surface area contributed by atoms with Crippen LogP contribution < -0.4 is 0 Å². The first-order valence-corrected chi connectivity index (χ1v) is 11.3. The predicted molar refractivity (Wildman–Crippen MR) is 61.4 cm³/mol. The van der Waals surface area contributed by atoms with Gasteiger partial charge in [-0.15, -0.1) is 0 Å². The molecule has 0 radical (unpaired) electrons. The van der Waals surface area contributed by atoms with Crippen molar-refractivity contribution < 1.29 is 14.7 Å². The third kappa shape index (κ3) is 4.29. The van der Waals surface area contributed by atoms with E-state index in [0.717, 1.165) is 5.92 Å². The number of allylic oxidation sites excluding steroid dienone is 4. The molecule has 0 aliphatic heterocycles. The molecule has 79 valence electrons. The second-order valence-electron chi connectivity index (χ2n) is 3.62. The minimum absolute atomic E-state index is 0.760. The summed E-state index contributed by atoms with van der Waals surface area (Å²) in [5.74, 6) is 0.760. The van der Waals surface area contributed by atoms with Gasteiger partial charge >= 0.3 is 42.6 Å². The van der Waals surface area contributed by atoms with Crippen molar-refractivity contribution in [1.29, 1.82) is 0 Å². The van der Waals surface area contributed by atoms with Gasteiger partial charge < -0.3 is 0 Å². The summed E-state index contributed by atoms with van der Waals surface area (Å²) < 4.78 is 0. The average molecular weight is 288 g/mol. The fourth-order valence-electron chi connectivity index (χ4n) is 2.04. The van der Waals surface area contributed by atoms with Crippen molar-refractivity contribution in [3.05, 3.63) is 23.3 Å². The van der Waals surface area contributed by atoms with Gasteiger partial charge in [-0.25, -0.2) is 0 Å². The molecule has 0 saturated carbocycles. The summed E-state index contributed by atoms with van der Waals surface area (Å²) >= 11 is -1.92. The van der Waals surface area contributed by atoms with Crippen LogP contribution >= 0.6 is 27.9 Å². The van der Waals surface area contributed by atoms with Crippen molar-refractivity contribution in [2.24, 2.45) is 5.92 Å². The first-order valence-electron chi connectivity index (χ1n) is 4.85. The van der Waals surface area contributed by atoms with E-state index in [9.17, 15) is 0 Å². The Bertz CT molecular complexity index is 243. The van der Waals surface area contributed by atoms with Crippen LogP contribution in [-0.2, 0) is 14.7 Å². The second-order valence-corrected chi connectivity index (χ2v) is 11.4. The average Bonchev–Trinajstić information content (AvgIpc) is 2.48. The molecule has 0 bridgehead atoms. The number of hydrogen-bond donors (Lipinski definition) is 0. The van der Waals surface area contributed by atoms with Crippen LogP contribution in [0.15, 0.2) is 23.3 Å². The van der Waals surface area contributed by atoms with Crippen LogP contribution in [0.5, 0.6) is 0 Å². The van der Waals surface area contributed by atoms with Crippen LogP contribution in [0.2, 0.25) is 0 Å². The monoisotopic (exact) mass is 287 g/mol. The summed E-state index contributed by atoms with van der Waals surface area (Å²) in [6.07, 6.45) is 10.2. The van der Waals surface area contributed by atoms with E-state index >= 15 is 0 Å². The van der Waals surface area contributed by atoms with Crippen LogP contribution in [0.1, 0.15) is 32.6 Å². The van der Waals surface area contributed by atoms with Crippen molar-refractivity contribution in [3.63, 3.8) is 0 Å². The summed E-state index contributed by atoms with van der Waals surface area (Å²) in [4.78, 5) is 0. The minimum atomic E-state index is -1.92. The molecule has 14 heavy (non-hydrogen) atoms. The molecule has 0 spiro atoms. The Kier molecular flexibility index (Phi) is 6.19. The SMILES string of the molecule is CC1C=CC2=C1CCCC2.[Cl][Ti]([Cl])[Cl]. The molecule has 2 aliphatic rings. The molecule has 2 aliphatic carbocycles. The quantitative estimate of drug-likeness (QED) is 0.542. The van der Waals surface area contributed by atoms with Gasteiger partial charge in [0.05, 0.1) is 0 Å². The first kappa shape index (κ1) is 13.1. The van der Waals surface area contributed by atoms with Gasteiger partial charge in [-0.2, -0.15) is 0 Å². The fourth-order valence-corrected chi connectivity index (χ4v) is 2.04.